The number of anilines is 1. The molecule has 0 fully saturated rings. The molecule has 182 valence electrons. The van der Waals surface area contributed by atoms with Crippen LogP contribution in [0, 0.1) is 6.92 Å². The summed E-state index contributed by atoms with van der Waals surface area (Å²) in [4.78, 5) is 32.7. The molecule has 12 heteroatoms. The van der Waals surface area contributed by atoms with Crippen LogP contribution in [0.5, 0.6) is 11.5 Å². The van der Waals surface area contributed by atoms with Gasteiger partial charge in [-0.2, -0.15) is 19.9 Å². The van der Waals surface area contributed by atoms with E-state index in [-0.39, 0.29) is 12.6 Å². The molecule has 0 radical (unpaired) electrons. The molecule has 2 aromatic carbocycles. The number of carbonyl (C=O) groups is 1. The van der Waals surface area contributed by atoms with E-state index >= 15 is 0 Å². The largest absolute Gasteiger partial charge is 0.493 e. The lowest BCUT2D eigenvalue weighted by atomic mass is 10.3. The number of halogens is 1. The minimum Gasteiger partial charge on any atom is -0.493 e. The molecule has 5 aromatic rings. The highest BCUT2D eigenvalue weighted by Crippen LogP contribution is 2.26. The number of hydrogen-bond acceptors (Lipinski definition) is 7. The van der Waals surface area contributed by atoms with Gasteiger partial charge in [0.1, 0.15) is 11.2 Å². The van der Waals surface area contributed by atoms with E-state index in [1.165, 1.54) is 22.7 Å². The summed E-state index contributed by atoms with van der Waals surface area (Å²) >= 11 is 6.12. The minimum absolute atomic E-state index is 0.102. The highest BCUT2D eigenvalue weighted by Gasteiger charge is 2.17. The van der Waals surface area contributed by atoms with Crippen LogP contribution in [-0.2, 0) is 4.79 Å². The van der Waals surface area contributed by atoms with Crippen molar-refractivity contribution in [2.75, 3.05) is 19.0 Å². The topological polar surface area (TPSA) is 129 Å². The molecule has 0 spiro atoms. The smallest absolute Gasteiger partial charge is 0.263 e. The summed E-state index contributed by atoms with van der Waals surface area (Å²) in [6, 6.07) is 15.7. The zero-order valence-corrected chi connectivity index (χ0v) is 20.0. The molecule has 0 aliphatic carbocycles. The van der Waals surface area contributed by atoms with E-state index in [0.717, 1.165) is 0 Å². The Morgan fingerprint density at radius 2 is 1.92 bits per heavy atom. The number of H-pyrrole nitrogens is 1. The number of rotatable bonds is 7. The van der Waals surface area contributed by atoms with Gasteiger partial charge in [0.15, 0.2) is 23.8 Å². The van der Waals surface area contributed by atoms with Crippen molar-refractivity contribution >= 4 is 34.4 Å². The number of fused-ring (bicyclic) bond motifs is 1. The molecule has 5 rings (SSSR count). The lowest BCUT2D eigenvalue weighted by Crippen LogP contribution is -2.23. The first-order chi connectivity index (χ1) is 17.4. The second-order valence-electron chi connectivity index (χ2n) is 7.73. The van der Waals surface area contributed by atoms with Crippen LogP contribution in [0.4, 0.5) is 5.82 Å². The van der Waals surface area contributed by atoms with Gasteiger partial charge in [-0.15, -0.1) is 0 Å². The van der Waals surface area contributed by atoms with E-state index in [2.05, 4.69) is 25.5 Å². The average Bonchev–Trinajstić information content (AvgIpc) is 3.46. The number of hydrogen-bond donors (Lipinski definition) is 2. The number of nitrogens with one attached hydrogen (secondary N) is 2. The minimum atomic E-state index is -0.436. The highest BCUT2D eigenvalue weighted by molar-refractivity contribution is 6.30. The Labute approximate surface area is 209 Å². The molecule has 0 atom stereocenters. The zero-order chi connectivity index (χ0) is 25.2. The highest BCUT2D eigenvalue weighted by atomic mass is 35.5. The van der Waals surface area contributed by atoms with Crippen molar-refractivity contribution in [3.63, 3.8) is 0 Å². The van der Waals surface area contributed by atoms with Gasteiger partial charge < -0.3 is 14.8 Å². The molecule has 0 unspecified atom stereocenters. The van der Waals surface area contributed by atoms with E-state index < -0.39 is 11.5 Å². The van der Waals surface area contributed by atoms with Crippen molar-refractivity contribution in [3.8, 4) is 23.1 Å². The number of aromatic amines is 1. The fourth-order valence-electron chi connectivity index (χ4n) is 3.61. The summed E-state index contributed by atoms with van der Waals surface area (Å²) in [5.41, 5.74) is 1.14. The Hall–Kier alpha value is -4.64. The Morgan fingerprint density at radius 3 is 2.69 bits per heavy atom. The van der Waals surface area contributed by atoms with Gasteiger partial charge in [0.2, 0.25) is 5.95 Å². The molecule has 2 N–H and O–H groups in total. The maximum atomic E-state index is 12.8. The predicted molar refractivity (Wildman–Crippen MR) is 133 cm³/mol. The standard InChI is InChI=1S/C24H20ClN7O4/c1-14-10-20(27-21(33)13-36-19-9-4-3-8-18(19)35-2)32(30-14)24-28-22-17(23(34)29-24)12-26-31(22)16-7-5-6-15(25)11-16/h3-12H,13H2,1-2H3,(H,27,33)(H,28,29,34). The lowest BCUT2D eigenvalue weighted by Gasteiger charge is -2.11. The monoisotopic (exact) mass is 505 g/mol. The van der Waals surface area contributed by atoms with E-state index in [0.29, 0.717) is 44.8 Å². The molecular weight excluding hydrogens is 486 g/mol. The summed E-state index contributed by atoms with van der Waals surface area (Å²) in [7, 11) is 1.52. The summed E-state index contributed by atoms with van der Waals surface area (Å²) in [6.45, 7) is 1.49. The number of aromatic nitrogens is 6. The van der Waals surface area contributed by atoms with Crippen molar-refractivity contribution < 1.29 is 14.3 Å². The van der Waals surface area contributed by atoms with E-state index in [1.807, 2.05) is 0 Å². The fourth-order valence-corrected chi connectivity index (χ4v) is 3.80. The van der Waals surface area contributed by atoms with Crippen LogP contribution < -0.4 is 20.3 Å². The molecule has 0 aliphatic rings. The second kappa shape index (κ2) is 9.55. The van der Waals surface area contributed by atoms with Crippen LogP contribution >= 0.6 is 11.6 Å². The van der Waals surface area contributed by atoms with Crippen molar-refractivity contribution in [2.24, 2.45) is 0 Å². The summed E-state index contributed by atoms with van der Waals surface area (Å²) < 4.78 is 13.7. The first-order valence-electron chi connectivity index (χ1n) is 10.8. The van der Waals surface area contributed by atoms with Crippen LogP contribution in [0.15, 0.2) is 65.6 Å². The molecule has 3 aromatic heterocycles. The van der Waals surface area contributed by atoms with Gasteiger partial charge in [0.25, 0.3) is 11.5 Å². The quantitative estimate of drug-likeness (QED) is 0.347. The Kier molecular flexibility index (Phi) is 6.13. The molecule has 1 amide bonds. The van der Waals surface area contributed by atoms with Gasteiger partial charge >= 0.3 is 0 Å². The number of carbonyl (C=O) groups excluding carboxylic acids is 1. The molecule has 0 bridgehead atoms. The molecule has 11 nitrogen and oxygen atoms in total. The summed E-state index contributed by atoms with van der Waals surface area (Å²) in [5, 5.41) is 12.2. The van der Waals surface area contributed by atoms with Crippen molar-refractivity contribution in [2.45, 2.75) is 6.92 Å². The summed E-state index contributed by atoms with van der Waals surface area (Å²) in [5.74, 6) is 0.917. The Morgan fingerprint density at radius 1 is 1.11 bits per heavy atom. The third kappa shape index (κ3) is 4.51. The maximum Gasteiger partial charge on any atom is 0.263 e. The van der Waals surface area contributed by atoms with Crippen molar-refractivity contribution in [1.29, 1.82) is 0 Å². The Balaban J connectivity index is 1.45. The average molecular weight is 506 g/mol. The number of methoxy groups -OCH3 is 1. The maximum absolute atomic E-state index is 12.8. The number of benzene rings is 2. The van der Waals surface area contributed by atoms with Crippen LogP contribution in [-0.4, -0.2) is 49.2 Å². The van der Waals surface area contributed by atoms with E-state index in [9.17, 15) is 9.59 Å². The molecule has 0 saturated carbocycles. The lowest BCUT2D eigenvalue weighted by molar-refractivity contribution is -0.118. The van der Waals surface area contributed by atoms with Crippen molar-refractivity contribution in [3.05, 3.63) is 81.9 Å². The first kappa shape index (κ1) is 23.1. The third-order valence-electron chi connectivity index (χ3n) is 5.21. The van der Waals surface area contributed by atoms with Gasteiger partial charge in [-0.25, -0.2) is 4.68 Å². The van der Waals surface area contributed by atoms with Gasteiger partial charge in [0, 0.05) is 11.1 Å². The van der Waals surface area contributed by atoms with Crippen LogP contribution in [0.2, 0.25) is 5.02 Å². The van der Waals surface area contributed by atoms with Gasteiger partial charge in [0.05, 0.1) is 24.7 Å². The van der Waals surface area contributed by atoms with Crippen LogP contribution in [0.3, 0.4) is 0 Å². The van der Waals surface area contributed by atoms with Gasteiger partial charge in [-0.05, 0) is 37.3 Å². The normalized spacial score (nSPS) is 11.0. The van der Waals surface area contributed by atoms with E-state index in [4.69, 9.17) is 21.1 Å². The molecule has 0 aliphatic heterocycles. The van der Waals surface area contributed by atoms with E-state index in [1.54, 1.807) is 61.5 Å². The van der Waals surface area contributed by atoms with Crippen LogP contribution in [0.25, 0.3) is 22.7 Å². The number of nitrogens with zero attached hydrogens (tertiary/aromatic N) is 5. The predicted octanol–water partition coefficient (Wildman–Crippen LogP) is 3.28. The SMILES string of the molecule is COc1ccccc1OCC(=O)Nc1cc(C)nn1-c1nc2c(cnn2-c2cccc(Cl)c2)c(=O)[nH]1. The molecule has 36 heavy (non-hydrogen) atoms. The summed E-state index contributed by atoms with van der Waals surface area (Å²) in [6.07, 6.45) is 1.43. The van der Waals surface area contributed by atoms with Gasteiger partial charge in [-0.1, -0.05) is 29.8 Å². The zero-order valence-electron chi connectivity index (χ0n) is 19.2. The number of para-hydroxylation sites is 2. The molecule has 3 heterocycles. The number of ether oxygens (including phenoxy) is 2. The molecule has 0 saturated heterocycles. The Bertz CT molecular complexity index is 1640. The van der Waals surface area contributed by atoms with Crippen molar-refractivity contribution in [1.82, 2.24) is 29.5 Å². The molecular formula is C24H20ClN7O4. The second-order valence-corrected chi connectivity index (χ2v) is 8.17. The third-order valence-corrected chi connectivity index (χ3v) is 5.44. The van der Waals surface area contributed by atoms with Crippen LogP contribution in [0.1, 0.15) is 5.69 Å². The van der Waals surface area contributed by atoms with Gasteiger partial charge in [-0.3, -0.25) is 14.6 Å². The first-order valence-corrected chi connectivity index (χ1v) is 11.2. The number of amides is 1. The number of aryl methyl sites for hydroxylation is 1. The fraction of sp³-hybridized carbons (Fsp3) is 0.125.